The summed E-state index contributed by atoms with van der Waals surface area (Å²) in [4.78, 5) is 28.1. The highest BCUT2D eigenvalue weighted by Gasteiger charge is 2.31. The number of amides is 2. The average molecular weight is 543 g/mol. The Labute approximate surface area is 218 Å². The zero-order valence-electron chi connectivity index (χ0n) is 20.6. The SMILES string of the molecule is CCCCNC(=O)[C@@H](CC)N(Cc1ccc(C)cc1)C(=O)CN(c1cc(Cl)cc(Cl)c1)S(C)(=O)=O. The molecule has 0 aromatic heterocycles. The van der Waals surface area contributed by atoms with E-state index in [1.807, 2.05) is 45.0 Å². The van der Waals surface area contributed by atoms with Crippen LogP contribution < -0.4 is 9.62 Å². The lowest BCUT2D eigenvalue weighted by atomic mass is 10.1. The van der Waals surface area contributed by atoms with Crippen molar-refractivity contribution in [2.45, 2.75) is 52.6 Å². The molecule has 0 saturated heterocycles. The Morgan fingerprint density at radius 2 is 1.63 bits per heavy atom. The van der Waals surface area contributed by atoms with Crippen molar-refractivity contribution >= 4 is 50.7 Å². The fraction of sp³-hybridized carbons (Fsp3) is 0.440. The third-order valence-corrected chi connectivity index (χ3v) is 7.08. The molecule has 10 heteroatoms. The molecular weight excluding hydrogens is 509 g/mol. The Morgan fingerprint density at radius 1 is 1.03 bits per heavy atom. The van der Waals surface area contributed by atoms with Crippen LogP contribution in [0.2, 0.25) is 10.0 Å². The first-order valence-electron chi connectivity index (χ1n) is 11.5. The fourth-order valence-electron chi connectivity index (χ4n) is 3.61. The predicted molar refractivity (Wildman–Crippen MR) is 142 cm³/mol. The van der Waals surface area contributed by atoms with Crippen molar-refractivity contribution in [3.63, 3.8) is 0 Å². The summed E-state index contributed by atoms with van der Waals surface area (Å²) in [6.45, 7) is 5.98. The van der Waals surface area contributed by atoms with E-state index in [9.17, 15) is 18.0 Å². The number of sulfonamides is 1. The lowest BCUT2D eigenvalue weighted by Crippen LogP contribution is -2.52. The van der Waals surface area contributed by atoms with Gasteiger partial charge in [-0.05, 0) is 43.5 Å². The van der Waals surface area contributed by atoms with Crippen LogP contribution in [0, 0.1) is 6.92 Å². The Bertz CT molecular complexity index is 1100. The predicted octanol–water partition coefficient (Wildman–Crippen LogP) is 4.79. The molecule has 0 fully saturated rings. The van der Waals surface area contributed by atoms with E-state index < -0.39 is 28.5 Å². The largest absolute Gasteiger partial charge is 0.354 e. The summed E-state index contributed by atoms with van der Waals surface area (Å²) in [5.74, 6) is -0.775. The van der Waals surface area contributed by atoms with Gasteiger partial charge >= 0.3 is 0 Å². The topological polar surface area (TPSA) is 86.8 Å². The second kappa shape index (κ2) is 13.1. The molecule has 0 aliphatic rings. The van der Waals surface area contributed by atoms with E-state index in [0.29, 0.717) is 13.0 Å². The Morgan fingerprint density at radius 3 is 2.14 bits per heavy atom. The number of aryl methyl sites for hydroxylation is 1. The van der Waals surface area contributed by atoms with Crippen LogP contribution >= 0.6 is 23.2 Å². The zero-order valence-corrected chi connectivity index (χ0v) is 22.9. The second-order valence-electron chi connectivity index (χ2n) is 8.47. The minimum Gasteiger partial charge on any atom is -0.354 e. The van der Waals surface area contributed by atoms with Gasteiger partial charge in [-0.3, -0.25) is 13.9 Å². The highest BCUT2D eigenvalue weighted by atomic mass is 35.5. The maximum Gasteiger partial charge on any atom is 0.244 e. The molecule has 2 aromatic rings. The second-order valence-corrected chi connectivity index (χ2v) is 11.3. The average Bonchev–Trinajstić information content (AvgIpc) is 2.77. The third kappa shape index (κ3) is 8.70. The van der Waals surface area contributed by atoms with Gasteiger partial charge in [0, 0.05) is 23.1 Å². The van der Waals surface area contributed by atoms with Crippen LogP contribution in [0.3, 0.4) is 0 Å². The van der Waals surface area contributed by atoms with Crippen LogP contribution in [0.25, 0.3) is 0 Å². The number of hydrogen-bond acceptors (Lipinski definition) is 4. The number of hydrogen-bond donors (Lipinski definition) is 1. The van der Waals surface area contributed by atoms with Crippen molar-refractivity contribution in [3.05, 3.63) is 63.6 Å². The molecule has 2 amide bonds. The maximum absolute atomic E-state index is 13.6. The zero-order chi connectivity index (χ0) is 26.2. The number of halogens is 2. The minimum atomic E-state index is -3.86. The van der Waals surface area contributed by atoms with Crippen molar-refractivity contribution in [2.75, 3.05) is 23.7 Å². The lowest BCUT2D eigenvalue weighted by Gasteiger charge is -2.33. The molecule has 0 saturated carbocycles. The van der Waals surface area contributed by atoms with Crippen molar-refractivity contribution in [1.82, 2.24) is 10.2 Å². The van der Waals surface area contributed by atoms with Gasteiger partial charge in [0.2, 0.25) is 21.8 Å². The van der Waals surface area contributed by atoms with Gasteiger partial charge in [-0.2, -0.15) is 0 Å². The van der Waals surface area contributed by atoms with E-state index in [4.69, 9.17) is 23.2 Å². The first-order valence-corrected chi connectivity index (χ1v) is 14.1. The molecule has 0 radical (unpaired) electrons. The van der Waals surface area contributed by atoms with E-state index >= 15 is 0 Å². The molecule has 1 atom stereocenters. The summed E-state index contributed by atoms with van der Waals surface area (Å²) in [5, 5.41) is 3.38. The van der Waals surface area contributed by atoms with Crippen LogP contribution in [0.15, 0.2) is 42.5 Å². The summed E-state index contributed by atoms with van der Waals surface area (Å²) in [6, 6.07) is 11.2. The van der Waals surface area contributed by atoms with E-state index in [1.54, 1.807) is 0 Å². The molecule has 0 aliphatic carbocycles. The highest BCUT2D eigenvalue weighted by Crippen LogP contribution is 2.27. The van der Waals surface area contributed by atoms with E-state index in [-0.39, 0.29) is 28.2 Å². The molecule has 192 valence electrons. The molecular formula is C25H33Cl2N3O4S. The van der Waals surface area contributed by atoms with Gasteiger partial charge in [-0.25, -0.2) is 8.42 Å². The number of nitrogens with one attached hydrogen (secondary N) is 1. The number of rotatable bonds is 12. The van der Waals surface area contributed by atoms with Crippen molar-refractivity contribution < 1.29 is 18.0 Å². The van der Waals surface area contributed by atoms with E-state index in [1.165, 1.54) is 23.1 Å². The quantitative estimate of drug-likeness (QED) is 0.391. The molecule has 35 heavy (non-hydrogen) atoms. The Kier molecular flexibility index (Phi) is 10.9. The number of unbranched alkanes of at least 4 members (excludes halogenated alkanes) is 1. The van der Waals surface area contributed by atoms with E-state index in [0.717, 1.165) is 34.5 Å². The normalized spacial score (nSPS) is 12.2. The molecule has 0 heterocycles. The molecule has 2 rings (SSSR count). The van der Waals surface area contributed by atoms with Gasteiger partial charge in [0.05, 0.1) is 11.9 Å². The molecule has 2 aromatic carbocycles. The molecule has 0 spiro atoms. The molecule has 0 unspecified atom stereocenters. The molecule has 1 N–H and O–H groups in total. The lowest BCUT2D eigenvalue weighted by molar-refractivity contribution is -0.140. The summed E-state index contributed by atoms with van der Waals surface area (Å²) < 4.78 is 26.2. The number of benzene rings is 2. The fourth-order valence-corrected chi connectivity index (χ4v) is 4.96. The van der Waals surface area contributed by atoms with Crippen LogP contribution in [0.5, 0.6) is 0 Å². The minimum absolute atomic E-state index is 0.159. The van der Waals surface area contributed by atoms with Gasteiger partial charge in [-0.15, -0.1) is 0 Å². The number of carbonyl (C=O) groups is 2. The van der Waals surface area contributed by atoms with Gasteiger partial charge in [0.15, 0.2) is 0 Å². The van der Waals surface area contributed by atoms with Crippen LogP contribution in [-0.4, -0.2) is 50.5 Å². The highest BCUT2D eigenvalue weighted by molar-refractivity contribution is 7.92. The molecule has 0 aliphatic heterocycles. The molecule has 7 nitrogen and oxygen atoms in total. The van der Waals surface area contributed by atoms with Gasteiger partial charge in [0.25, 0.3) is 0 Å². The van der Waals surface area contributed by atoms with Crippen LogP contribution in [0.4, 0.5) is 5.69 Å². The first-order chi connectivity index (χ1) is 16.5. The number of nitrogens with zero attached hydrogens (tertiary/aromatic N) is 2. The summed E-state index contributed by atoms with van der Waals surface area (Å²) >= 11 is 12.2. The Balaban J connectivity index is 2.42. The van der Waals surface area contributed by atoms with Crippen LogP contribution in [-0.2, 0) is 26.2 Å². The van der Waals surface area contributed by atoms with Crippen molar-refractivity contribution in [3.8, 4) is 0 Å². The number of carbonyl (C=O) groups excluding carboxylic acids is 2. The van der Waals surface area contributed by atoms with Gasteiger partial charge < -0.3 is 10.2 Å². The van der Waals surface area contributed by atoms with Gasteiger partial charge in [0.1, 0.15) is 12.6 Å². The van der Waals surface area contributed by atoms with Crippen molar-refractivity contribution in [2.24, 2.45) is 0 Å². The number of anilines is 1. The maximum atomic E-state index is 13.6. The summed E-state index contributed by atoms with van der Waals surface area (Å²) in [6.07, 6.45) is 3.13. The van der Waals surface area contributed by atoms with Crippen molar-refractivity contribution in [1.29, 1.82) is 0 Å². The van der Waals surface area contributed by atoms with Gasteiger partial charge in [-0.1, -0.05) is 73.3 Å². The van der Waals surface area contributed by atoms with Crippen LogP contribution in [0.1, 0.15) is 44.2 Å². The summed E-state index contributed by atoms with van der Waals surface area (Å²) in [7, 11) is -3.86. The molecule has 0 bridgehead atoms. The first kappa shape index (κ1) is 28.9. The Hall–Kier alpha value is -2.29. The monoisotopic (exact) mass is 541 g/mol. The standard InChI is InChI=1S/C25H33Cl2N3O4S/c1-5-7-12-28-25(32)23(6-2)29(16-19-10-8-18(3)9-11-19)24(31)17-30(35(4,33)34)22-14-20(26)13-21(27)15-22/h8-11,13-15,23H,5-7,12,16-17H2,1-4H3,(H,28,32)/t23-/m1/s1. The summed E-state index contributed by atoms with van der Waals surface area (Å²) in [5.41, 5.74) is 2.08. The van der Waals surface area contributed by atoms with E-state index in [2.05, 4.69) is 5.32 Å². The third-order valence-electron chi connectivity index (χ3n) is 5.50. The smallest absolute Gasteiger partial charge is 0.244 e.